The highest BCUT2D eigenvalue weighted by atomic mass is 16.6. The Labute approximate surface area is 118 Å². The molecule has 2 rings (SSSR count). The molecule has 2 fully saturated rings. The maximum Gasteiger partial charge on any atom is 0.409 e. The Morgan fingerprint density at radius 2 is 1.90 bits per heavy atom. The Morgan fingerprint density at radius 1 is 1.15 bits per heavy atom. The van der Waals surface area contributed by atoms with Gasteiger partial charge in [0, 0.05) is 38.8 Å². The van der Waals surface area contributed by atoms with Crippen molar-refractivity contribution in [1.29, 1.82) is 0 Å². The molecule has 114 valence electrons. The van der Waals surface area contributed by atoms with Crippen molar-refractivity contribution in [3.63, 3.8) is 0 Å². The van der Waals surface area contributed by atoms with Gasteiger partial charge >= 0.3 is 12.2 Å². The van der Waals surface area contributed by atoms with E-state index >= 15 is 0 Å². The number of piperidine rings is 1. The first kappa shape index (κ1) is 14.9. The average molecular weight is 285 g/mol. The third kappa shape index (κ3) is 4.26. The van der Waals surface area contributed by atoms with E-state index in [1.54, 1.807) is 4.90 Å². The van der Waals surface area contributed by atoms with Crippen molar-refractivity contribution >= 4 is 12.2 Å². The molecule has 2 amide bonds. The number of piperazine rings is 1. The fourth-order valence-electron chi connectivity index (χ4n) is 2.65. The molecule has 2 aliphatic rings. The molecule has 0 aliphatic carbocycles. The number of amides is 2. The predicted molar refractivity (Wildman–Crippen MR) is 72.8 cm³/mol. The Morgan fingerprint density at radius 3 is 2.60 bits per heavy atom. The van der Waals surface area contributed by atoms with E-state index in [9.17, 15) is 9.59 Å². The van der Waals surface area contributed by atoms with Crippen LogP contribution in [0.15, 0.2) is 0 Å². The molecule has 1 atom stereocenters. The van der Waals surface area contributed by atoms with Crippen LogP contribution in [0.4, 0.5) is 9.59 Å². The molecule has 7 nitrogen and oxygen atoms in total. The first-order valence-corrected chi connectivity index (χ1v) is 7.30. The maximum absolute atomic E-state index is 11.8. The lowest BCUT2D eigenvalue weighted by Gasteiger charge is -2.32. The molecule has 0 radical (unpaired) electrons. The molecule has 7 heteroatoms. The highest BCUT2D eigenvalue weighted by Gasteiger charge is 2.23. The summed E-state index contributed by atoms with van der Waals surface area (Å²) >= 11 is 0. The van der Waals surface area contributed by atoms with E-state index in [4.69, 9.17) is 9.84 Å². The molecule has 2 aliphatic heterocycles. The lowest BCUT2D eigenvalue weighted by Crippen LogP contribution is -2.52. The fraction of sp³-hybridized carbons (Fsp3) is 0.846. The zero-order valence-electron chi connectivity index (χ0n) is 11.7. The minimum Gasteiger partial charge on any atom is -0.465 e. The third-order valence-corrected chi connectivity index (χ3v) is 3.83. The van der Waals surface area contributed by atoms with Crippen LogP contribution in [0, 0.1) is 0 Å². The second kappa shape index (κ2) is 7.33. The number of nitrogens with one attached hydrogen (secondary N) is 1. The summed E-state index contributed by atoms with van der Waals surface area (Å²) < 4.78 is 5.26. The number of hydrogen-bond acceptors (Lipinski definition) is 4. The summed E-state index contributed by atoms with van der Waals surface area (Å²) in [6.07, 6.45) is 2.79. The van der Waals surface area contributed by atoms with E-state index in [-0.39, 0.29) is 12.1 Å². The molecule has 0 aromatic rings. The van der Waals surface area contributed by atoms with E-state index in [1.807, 2.05) is 0 Å². The van der Waals surface area contributed by atoms with E-state index in [0.717, 1.165) is 25.9 Å². The summed E-state index contributed by atoms with van der Waals surface area (Å²) in [4.78, 5) is 25.8. The van der Waals surface area contributed by atoms with E-state index in [0.29, 0.717) is 32.7 Å². The maximum atomic E-state index is 11.8. The molecule has 0 bridgehead atoms. The predicted octanol–water partition coefficient (Wildman–Crippen LogP) is 0.951. The SMILES string of the molecule is O=C(O)N1CCNC(CCOC(=O)N2CCCCC2)C1. The molecule has 0 aromatic heterocycles. The minimum absolute atomic E-state index is 0.0639. The second-order valence-corrected chi connectivity index (χ2v) is 5.33. The third-order valence-electron chi connectivity index (χ3n) is 3.83. The van der Waals surface area contributed by atoms with Crippen LogP contribution in [-0.2, 0) is 4.74 Å². The van der Waals surface area contributed by atoms with Crippen molar-refractivity contribution < 1.29 is 19.4 Å². The van der Waals surface area contributed by atoms with Crippen LogP contribution in [0.2, 0.25) is 0 Å². The number of nitrogens with zero attached hydrogens (tertiary/aromatic N) is 2. The quantitative estimate of drug-likeness (QED) is 0.807. The lowest BCUT2D eigenvalue weighted by molar-refractivity contribution is 0.0855. The van der Waals surface area contributed by atoms with Crippen molar-refractivity contribution in [3.8, 4) is 0 Å². The number of carbonyl (C=O) groups is 2. The monoisotopic (exact) mass is 285 g/mol. The van der Waals surface area contributed by atoms with Gasteiger partial charge in [-0.15, -0.1) is 0 Å². The van der Waals surface area contributed by atoms with Crippen LogP contribution in [0.25, 0.3) is 0 Å². The van der Waals surface area contributed by atoms with Gasteiger partial charge in [0.15, 0.2) is 0 Å². The van der Waals surface area contributed by atoms with Gasteiger partial charge in [-0.25, -0.2) is 9.59 Å². The normalized spacial score (nSPS) is 23.5. The zero-order chi connectivity index (χ0) is 14.4. The van der Waals surface area contributed by atoms with E-state index < -0.39 is 6.09 Å². The number of ether oxygens (including phenoxy) is 1. The highest BCUT2D eigenvalue weighted by Crippen LogP contribution is 2.10. The summed E-state index contributed by atoms with van der Waals surface area (Å²) in [7, 11) is 0. The first-order valence-electron chi connectivity index (χ1n) is 7.30. The molecule has 2 heterocycles. The molecular formula is C13H23N3O4. The zero-order valence-corrected chi connectivity index (χ0v) is 11.7. The van der Waals surface area contributed by atoms with Crippen LogP contribution in [0.5, 0.6) is 0 Å². The number of hydrogen-bond donors (Lipinski definition) is 2. The molecule has 2 saturated heterocycles. The molecule has 0 saturated carbocycles. The van der Waals surface area contributed by atoms with Crippen LogP contribution in [-0.4, -0.2) is 72.5 Å². The van der Waals surface area contributed by atoms with Crippen molar-refractivity contribution in [2.45, 2.75) is 31.7 Å². The van der Waals surface area contributed by atoms with E-state index in [2.05, 4.69) is 5.32 Å². The van der Waals surface area contributed by atoms with Gasteiger partial charge in [-0.2, -0.15) is 0 Å². The molecule has 2 N–H and O–H groups in total. The van der Waals surface area contributed by atoms with Gasteiger partial charge in [0.1, 0.15) is 0 Å². The first-order chi connectivity index (χ1) is 9.66. The van der Waals surface area contributed by atoms with Gasteiger partial charge in [-0.1, -0.05) is 0 Å². The van der Waals surface area contributed by atoms with Gasteiger partial charge in [-0.05, 0) is 25.7 Å². The van der Waals surface area contributed by atoms with Crippen molar-refractivity contribution in [3.05, 3.63) is 0 Å². The topological polar surface area (TPSA) is 82.1 Å². The number of rotatable bonds is 3. The summed E-state index contributed by atoms with van der Waals surface area (Å²) in [5.74, 6) is 0. The Bertz CT molecular complexity index is 345. The van der Waals surface area contributed by atoms with E-state index in [1.165, 1.54) is 11.3 Å². The average Bonchev–Trinajstić information content (AvgIpc) is 2.48. The Kier molecular flexibility index (Phi) is 5.46. The Hall–Kier alpha value is -1.50. The summed E-state index contributed by atoms with van der Waals surface area (Å²) in [5.41, 5.74) is 0. The molecule has 0 aromatic carbocycles. The lowest BCUT2D eigenvalue weighted by atomic mass is 10.1. The second-order valence-electron chi connectivity index (χ2n) is 5.33. The summed E-state index contributed by atoms with van der Waals surface area (Å²) in [6.45, 7) is 3.52. The van der Waals surface area contributed by atoms with Gasteiger partial charge in [0.2, 0.25) is 0 Å². The van der Waals surface area contributed by atoms with Crippen molar-refractivity contribution in [1.82, 2.24) is 15.1 Å². The van der Waals surface area contributed by atoms with Gasteiger partial charge in [-0.3, -0.25) is 0 Å². The molecular weight excluding hydrogens is 262 g/mol. The van der Waals surface area contributed by atoms with Crippen LogP contribution in [0.1, 0.15) is 25.7 Å². The van der Waals surface area contributed by atoms with Crippen molar-refractivity contribution in [2.24, 2.45) is 0 Å². The number of carbonyl (C=O) groups excluding carboxylic acids is 1. The largest absolute Gasteiger partial charge is 0.465 e. The number of carboxylic acid groups (broad SMARTS) is 1. The minimum atomic E-state index is -0.887. The standard InChI is InChI=1S/C13H23N3O4/c17-12(18)16-8-5-14-11(10-16)4-9-20-13(19)15-6-2-1-3-7-15/h11,14H,1-10H2,(H,17,18). The molecule has 1 unspecified atom stereocenters. The highest BCUT2D eigenvalue weighted by molar-refractivity contribution is 5.67. The fourth-order valence-corrected chi connectivity index (χ4v) is 2.65. The van der Waals surface area contributed by atoms with Crippen molar-refractivity contribution in [2.75, 3.05) is 39.3 Å². The summed E-state index contributed by atoms with van der Waals surface area (Å²) in [6, 6.07) is 0.0639. The van der Waals surface area contributed by atoms with Gasteiger partial charge in [0.25, 0.3) is 0 Å². The van der Waals surface area contributed by atoms with Crippen LogP contribution in [0.3, 0.4) is 0 Å². The smallest absolute Gasteiger partial charge is 0.409 e. The molecule has 0 spiro atoms. The molecule has 20 heavy (non-hydrogen) atoms. The van der Waals surface area contributed by atoms with Gasteiger partial charge < -0.3 is 25.0 Å². The Balaban J connectivity index is 1.64. The van der Waals surface area contributed by atoms with Crippen LogP contribution < -0.4 is 5.32 Å². The number of likely N-dealkylation sites (tertiary alicyclic amines) is 1. The van der Waals surface area contributed by atoms with Crippen LogP contribution >= 0.6 is 0 Å². The summed E-state index contributed by atoms with van der Waals surface area (Å²) in [5, 5.41) is 12.2. The van der Waals surface area contributed by atoms with Gasteiger partial charge in [0.05, 0.1) is 6.61 Å².